The molecule has 0 bridgehead atoms. The third kappa shape index (κ3) is 8.71. The van der Waals surface area contributed by atoms with Crippen LogP contribution in [-0.2, 0) is 15.3 Å². The standard InChI is InChI=1S/C37H46Cl2N4O5S/c1-7-47-31-24-30(37(3,4)5)32(48-8-2)23-29(31)35-40-33(25-9-13-27(38)14-10-25)34(26-11-15-28(39)16-12-26)43(35)36(44)42-19-17-41(18-20-42)21-22-49(6,45)46/h9-16,23-24,33-34H,7-8,17-22H2,1-6H3/t33-,34+/m0/s1. The first-order valence-corrected chi connectivity index (χ1v) is 19.5. The molecule has 5 rings (SSSR count). The number of ether oxygens (including phenoxy) is 2. The lowest BCUT2D eigenvalue weighted by atomic mass is 9.85. The molecule has 2 amide bonds. The van der Waals surface area contributed by atoms with Crippen molar-refractivity contribution in [2.75, 3.05) is 57.9 Å². The number of rotatable bonds is 10. The molecule has 2 heterocycles. The molecule has 0 aliphatic carbocycles. The van der Waals surface area contributed by atoms with Gasteiger partial charge in [0.2, 0.25) is 0 Å². The summed E-state index contributed by atoms with van der Waals surface area (Å²) in [4.78, 5) is 26.0. The van der Waals surface area contributed by atoms with Crippen molar-refractivity contribution in [3.05, 3.63) is 93.0 Å². The quantitative estimate of drug-likeness (QED) is 0.216. The Hall–Kier alpha value is -3.31. The van der Waals surface area contributed by atoms with E-state index in [1.54, 1.807) is 4.90 Å². The second-order valence-corrected chi connectivity index (χ2v) is 16.6. The molecule has 0 N–H and O–H groups in total. The number of sulfone groups is 1. The van der Waals surface area contributed by atoms with Gasteiger partial charge in [0.25, 0.3) is 0 Å². The summed E-state index contributed by atoms with van der Waals surface area (Å²) in [6.45, 7) is 13.6. The summed E-state index contributed by atoms with van der Waals surface area (Å²) >= 11 is 12.7. The Kier molecular flexibility index (Phi) is 11.5. The van der Waals surface area contributed by atoms with E-state index in [1.807, 2.05) is 79.4 Å². The number of carbonyl (C=O) groups excluding carboxylic acids is 1. The fourth-order valence-corrected chi connectivity index (χ4v) is 7.18. The van der Waals surface area contributed by atoms with Crippen LogP contribution >= 0.6 is 23.2 Å². The summed E-state index contributed by atoms with van der Waals surface area (Å²) < 4.78 is 36.1. The maximum atomic E-state index is 14.9. The summed E-state index contributed by atoms with van der Waals surface area (Å²) in [5.41, 5.74) is 3.19. The van der Waals surface area contributed by atoms with E-state index >= 15 is 0 Å². The number of halogens is 2. The summed E-state index contributed by atoms with van der Waals surface area (Å²) in [7, 11) is -3.10. The second-order valence-electron chi connectivity index (χ2n) is 13.5. The van der Waals surface area contributed by atoms with Gasteiger partial charge in [0.05, 0.1) is 30.6 Å². The van der Waals surface area contributed by atoms with Crippen LogP contribution in [0.25, 0.3) is 0 Å². The summed E-state index contributed by atoms with van der Waals surface area (Å²) in [6, 6.07) is 17.9. The van der Waals surface area contributed by atoms with Crippen LogP contribution in [0.3, 0.4) is 0 Å². The maximum Gasteiger partial charge on any atom is 0.326 e. The van der Waals surface area contributed by atoms with Crippen molar-refractivity contribution >= 4 is 44.9 Å². The van der Waals surface area contributed by atoms with Gasteiger partial charge < -0.3 is 14.4 Å². The minimum absolute atomic E-state index is 0.0816. The average Bonchev–Trinajstić information content (AvgIpc) is 3.44. The van der Waals surface area contributed by atoms with Crippen LogP contribution in [0.4, 0.5) is 4.79 Å². The van der Waals surface area contributed by atoms with Gasteiger partial charge in [0, 0.05) is 54.6 Å². The molecular weight excluding hydrogens is 683 g/mol. The van der Waals surface area contributed by atoms with Gasteiger partial charge in [-0.15, -0.1) is 0 Å². The normalized spacial score (nSPS) is 18.8. The van der Waals surface area contributed by atoms with Crippen LogP contribution in [0.1, 0.15) is 69.0 Å². The Bertz CT molecular complexity index is 1770. The minimum Gasteiger partial charge on any atom is -0.494 e. The number of aliphatic imine (C=N–C) groups is 1. The molecule has 0 spiro atoms. The second kappa shape index (κ2) is 15.3. The van der Waals surface area contributed by atoms with E-state index in [0.29, 0.717) is 78.9 Å². The van der Waals surface area contributed by atoms with Crippen LogP contribution in [-0.4, -0.2) is 92.9 Å². The van der Waals surface area contributed by atoms with Crippen LogP contribution in [0.15, 0.2) is 65.7 Å². The van der Waals surface area contributed by atoms with Crippen molar-refractivity contribution in [3.63, 3.8) is 0 Å². The minimum atomic E-state index is -3.10. The van der Waals surface area contributed by atoms with Crippen molar-refractivity contribution < 1.29 is 22.7 Å². The van der Waals surface area contributed by atoms with Crippen molar-refractivity contribution in [1.29, 1.82) is 0 Å². The van der Waals surface area contributed by atoms with Gasteiger partial charge in [-0.1, -0.05) is 68.2 Å². The first-order chi connectivity index (χ1) is 23.2. The van der Waals surface area contributed by atoms with E-state index in [2.05, 4.69) is 25.7 Å². The van der Waals surface area contributed by atoms with Crippen LogP contribution < -0.4 is 9.47 Å². The Labute approximate surface area is 300 Å². The zero-order valence-corrected chi connectivity index (χ0v) is 31.4. The Morgan fingerprint density at radius 1 is 0.857 bits per heavy atom. The third-order valence-corrected chi connectivity index (χ3v) is 10.3. The molecule has 0 aromatic heterocycles. The Morgan fingerprint density at radius 2 is 1.41 bits per heavy atom. The predicted octanol–water partition coefficient (Wildman–Crippen LogP) is 7.42. The van der Waals surface area contributed by atoms with E-state index in [0.717, 1.165) is 16.7 Å². The molecule has 49 heavy (non-hydrogen) atoms. The monoisotopic (exact) mass is 728 g/mol. The molecule has 3 aromatic rings. The molecule has 0 radical (unpaired) electrons. The number of amides is 2. The molecule has 9 nitrogen and oxygen atoms in total. The smallest absolute Gasteiger partial charge is 0.326 e. The zero-order chi connectivity index (χ0) is 35.5. The molecule has 264 valence electrons. The van der Waals surface area contributed by atoms with Crippen molar-refractivity contribution in [2.24, 2.45) is 4.99 Å². The molecular formula is C37H46Cl2N4O5S. The zero-order valence-electron chi connectivity index (χ0n) is 29.1. The van der Waals surface area contributed by atoms with Crippen LogP contribution in [0.2, 0.25) is 10.0 Å². The summed E-state index contributed by atoms with van der Waals surface area (Å²) in [6.07, 6.45) is 1.25. The number of hydrogen-bond acceptors (Lipinski definition) is 7. The highest BCUT2D eigenvalue weighted by molar-refractivity contribution is 7.90. The lowest BCUT2D eigenvalue weighted by molar-refractivity contribution is 0.122. The number of hydrogen-bond donors (Lipinski definition) is 0. The average molecular weight is 730 g/mol. The predicted molar refractivity (Wildman–Crippen MR) is 197 cm³/mol. The Balaban J connectivity index is 1.66. The van der Waals surface area contributed by atoms with Crippen molar-refractivity contribution in [3.8, 4) is 11.5 Å². The molecule has 2 aliphatic heterocycles. The van der Waals surface area contributed by atoms with E-state index in [1.165, 1.54) is 6.26 Å². The fourth-order valence-electron chi connectivity index (χ4n) is 6.34. The van der Waals surface area contributed by atoms with E-state index in [9.17, 15) is 13.2 Å². The van der Waals surface area contributed by atoms with Gasteiger partial charge in [0.15, 0.2) is 0 Å². The largest absolute Gasteiger partial charge is 0.494 e. The van der Waals surface area contributed by atoms with Gasteiger partial charge in [-0.25, -0.2) is 13.2 Å². The number of carbonyl (C=O) groups is 1. The SMILES string of the molecule is CCOc1cc(C(C)(C)C)c(OCC)cc1C1=N[C@@H](c2ccc(Cl)cc2)[C@@H](c2ccc(Cl)cc2)N1C(=O)N1CCN(CCS(C)(=O)=O)CC1. The molecule has 1 fully saturated rings. The lowest BCUT2D eigenvalue weighted by Gasteiger charge is -2.39. The van der Waals surface area contributed by atoms with Gasteiger partial charge >= 0.3 is 6.03 Å². The molecule has 12 heteroatoms. The summed E-state index contributed by atoms with van der Waals surface area (Å²) in [5, 5.41) is 1.19. The molecule has 0 saturated carbocycles. The van der Waals surface area contributed by atoms with Crippen molar-refractivity contribution in [1.82, 2.24) is 14.7 Å². The highest BCUT2D eigenvalue weighted by atomic mass is 35.5. The van der Waals surface area contributed by atoms with Crippen LogP contribution in [0, 0.1) is 0 Å². The molecule has 2 aliphatic rings. The van der Waals surface area contributed by atoms with Crippen LogP contribution in [0.5, 0.6) is 11.5 Å². The number of benzene rings is 3. The molecule has 0 unspecified atom stereocenters. The van der Waals surface area contributed by atoms with E-state index in [4.69, 9.17) is 37.7 Å². The number of piperazine rings is 1. The van der Waals surface area contributed by atoms with E-state index in [-0.39, 0.29) is 17.2 Å². The number of amidine groups is 1. The highest BCUT2D eigenvalue weighted by Gasteiger charge is 2.45. The number of urea groups is 1. The van der Waals surface area contributed by atoms with E-state index < -0.39 is 21.9 Å². The van der Waals surface area contributed by atoms with Crippen molar-refractivity contribution in [2.45, 2.75) is 52.1 Å². The lowest BCUT2D eigenvalue weighted by Crippen LogP contribution is -2.54. The molecule has 2 atom stereocenters. The van der Waals surface area contributed by atoms with Gasteiger partial charge in [-0.05, 0) is 66.8 Å². The first kappa shape index (κ1) is 37.0. The first-order valence-electron chi connectivity index (χ1n) is 16.7. The topological polar surface area (TPSA) is 91.8 Å². The number of nitrogens with zero attached hydrogens (tertiary/aromatic N) is 4. The Morgan fingerprint density at radius 3 is 1.94 bits per heavy atom. The highest BCUT2D eigenvalue weighted by Crippen LogP contribution is 2.47. The molecule has 1 saturated heterocycles. The fraction of sp³-hybridized carbons (Fsp3) is 0.459. The molecule has 3 aromatic carbocycles. The van der Waals surface area contributed by atoms with Gasteiger partial charge in [-0.3, -0.25) is 14.8 Å². The maximum absolute atomic E-state index is 14.9. The third-order valence-electron chi connectivity index (χ3n) is 8.85. The van der Waals surface area contributed by atoms with Gasteiger partial charge in [-0.2, -0.15) is 0 Å². The van der Waals surface area contributed by atoms with Gasteiger partial charge in [0.1, 0.15) is 33.2 Å². The summed E-state index contributed by atoms with van der Waals surface area (Å²) in [5.74, 6) is 1.89.